The van der Waals surface area contributed by atoms with E-state index in [2.05, 4.69) is 22.8 Å². The summed E-state index contributed by atoms with van der Waals surface area (Å²) in [6.45, 7) is 1.76. The maximum absolute atomic E-state index is 12.3. The molecule has 5 nitrogen and oxygen atoms in total. The van der Waals surface area contributed by atoms with Gasteiger partial charge in [-0.3, -0.25) is 9.59 Å². The van der Waals surface area contributed by atoms with Crippen molar-refractivity contribution in [1.82, 2.24) is 10.6 Å². The van der Waals surface area contributed by atoms with Crippen molar-refractivity contribution in [1.29, 1.82) is 0 Å². The molecule has 0 heterocycles. The van der Waals surface area contributed by atoms with Gasteiger partial charge < -0.3 is 15.4 Å². The summed E-state index contributed by atoms with van der Waals surface area (Å²) in [5, 5.41) is 5.75. The van der Waals surface area contributed by atoms with Gasteiger partial charge in [-0.05, 0) is 37.7 Å². The molecule has 1 saturated carbocycles. The van der Waals surface area contributed by atoms with E-state index in [-0.39, 0.29) is 11.8 Å². The van der Waals surface area contributed by atoms with Crippen LogP contribution in [0, 0.1) is 5.41 Å². The highest BCUT2D eigenvalue weighted by atomic mass is 16.5. The second-order valence-corrected chi connectivity index (χ2v) is 6.03. The van der Waals surface area contributed by atoms with E-state index in [0.717, 1.165) is 19.3 Å². The number of nitrogens with one attached hydrogen (secondary N) is 2. The van der Waals surface area contributed by atoms with Crippen LogP contribution in [0.2, 0.25) is 0 Å². The third kappa shape index (κ3) is 5.06. The number of carbonyl (C=O) groups excluding carboxylic acids is 2. The van der Waals surface area contributed by atoms with Gasteiger partial charge in [-0.25, -0.2) is 0 Å². The molecule has 0 saturated heterocycles. The van der Waals surface area contributed by atoms with E-state index in [0.29, 0.717) is 32.5 Å². The lowest BCUT2D eigenvalue weighted by Crippen LogP contribution is -2.43. The van der Waals surface area contributed by atoms with Crippen molar-refractivity contribution in [2.24, 2.45) is 5.41 Å². The molecule has 0 aliphatic heterocycles. The molecule has 23 heavy (non-hydrogen) atoms. The van der Waals surface area contributed by atoms with Gasteiger partial charge in [-0.2, -0.15) is 0 Å². The number of hydrogen-bond acceptors (Lipinski definition) is 3. The largest absolute Gasteiger partial charge is 0.385 e. The minimum absolute atomic E-state index is 0.130. The zero-order valence-electron chi connectivity index (χ0n) is 13.8. The molecule has 2 N–H and O–H groups in total. The number of benzene rings is 1. The molecule has 2 amide bonds. The molecule has 1 aliphatic rings. The van der Waals surface area contributed by atoms with Crippen LogP contribution in [0.25, 0.3) is 0 Å². The average molecular weight is 318 g/mol. The molecule has 5 heteroatoms. The van der Waals surface area contributed by atoms with Crippen LogP contribution in [0.3, 0.4) is 0 Å². The first kappa shape index (κ1) is 17.5. The molecule has 1 fully saturated rings. The van der Waals surface area contributed by atoms with Crippen LogP contribution in [0.5, 0.6) is 0 Å². The highest BCUT2D eigenvalue weighted by molar-refractivity contribution is 6.07. The van der Waals surface area contributed by atoms with Crippen molar-refractivity contribution < 1.29 is 14.3 Å². The van der Waals surface area contributed by atoms with Gasteiger partial charge in [0.25, 0.3) is 0 Å². The maximum Gasteiger partial charge on any atom is 0.235 e. The van der Waals surface area contributed by atoms with E-state index < -0.39 is 5.41 Å². The summed E-state index contributed by atoms with van der Waals surface area (Å²) in [6.07, 6.45) is 3.86. The second kappa shape index (κ2) is 8.67. The fourth-order valence-corrected chi connectivity index (χ4v) is 2.58. The Balaban J connectivity index is 1.67. The number of aryl methyl sites for hydroxylation is 1. The average Bonchev–Trinajstić information content (AvgIpc) is 3.38. The summed E-state index contributed by atoms with van der Waals surface area (Å²) in [4.78, 5) is 24.4. The summed E-state index contributed by atoms with van der Waals surface area (Å²) in [7, 11) is 1.63. The van der Waals surface area contributed by atoms with Crippen molar-refractivity contribution in [2.45, 2.75) is 32.1 Å². The topological polar surface area (TPSA) is 67.4 Å². The summed E-state index contributed by atoms with van der Waals surface area (Å²) >= 11 is 0. The number of hydrogen-bond donors (Lipinski definition) is 2. The Morgan fingerprint density at radius 3 is 2.22 bits per heavy atom. The minimum atomic E-state index is -0.820. The number of carbonyl (C=O) groups is 2. The van der Waals surface area contributed by atoms with Crippen LogP contribution in [0.4, 0.5) is 0 Å². The Kier molecular flexibility index (Phi) is 6.59. The van der Waals surface area contributed by atoms with Crippen LogP contribution >= 0.6 is 0 Å². The fourth-order valence-electron chi connectivity index (χ4n) is 2.58. The van der Waals surface area contributed by atoms with Gasteiger partial charge in [0.2, 0.25) is 11.8 Å². The van der Waals surface area contributed by atoms with Gasteiger partial charge in [0, 0.05) is 26.8 Å². The molecule has 0 aromatic heterocycles. The second-order valence-electron chi connectivity index (χ2n) is 6.03. The summed E-state index contributed by atoms with van der Waals surface area (Å²) < 4.78 is 4.94. The van der Waals surface area contributed by atoms with Crippen LogP contribution in [-0.4, -0.2) is 38.6 Å². The summed E-state index contributed by atoms with van der Waals surface area (Å²) in [6, 6.07) is 10.2. The Bertz CT molecular complexity index is 512. The van der Waals surface area contributed by atoms with E-state index in [1.807, 2.05) is 18.2 Å². The quantitative estimate of drug-likeness (QED) is 0.509. The highest BCUT2D eigenvalue weighted by Gasteiger charge is 2.56. The predicted molar refractivity (Wildman–Crippen MR) is 88.9 cm³/mol. The van der Waals surface area contributed by atoms with Gasteiger partial charge in [0.05, 0.1) is 0 Å². The minimum Gasteiger partial charge on any atom is -0.385 e. The zero-order chi connectivity index (χ0) is 16.5. The van der Waals surface area contributed by atoms with Gasteiger partial charge in [0.1, 0.15) is 5.41 Å². The molecular weight excluding hydrogens is 292 g/mol. The maximum atomic E-state index is 12.3. The van der Waals surface area contributed by atoms with Crippen molar-refractivity contribution in [2.75, 3.05) is 26.8 Å². The predicted octanol–water partition coefficient (Wildman–Crippen LogP) is 1.67. The first-order valence-corrected chi connectivity index (χ1v) is 8.28. The molecule has 1 aliphatic carbocycles. The van der Waals surface area contributed by atoms with E-state index >= 15 is 0 Å². The van der Waals surface area contributed by atoms with Crippen molar-refractivity contribution >= 4 is 11.8 Å². The molecule has 2 rings (SSSR count). The lowest BCUT2D eigenvalue weighted by Gasteiger charge is -2.15. The van der Waals surface area contributed by atoms with E-state index in [1.165, 1.54) is 5.56 Å². The van der Waals surface area contributed by atoms with Gasteiger partial charge >= 0.3 is 0 Å². The lowest BCUT2D eigenvalue weighted by molar-refractivity contribution is -0.137. The Morgan fingerprint density at radius 1 is 1.04 bits per heavy atom. The number of amides is 2. The first-order chi connectivity index (χ1) is 11.2. The lowest BCUT2D eigenvalue weighted by atomic mass is 10.0. The van der Waals surface area contributed by atoms with E-state index in [9.17, 15) is 9.59 Å². The van der Waals surface area contributed by atoms with Crippen molar-refractivity contribution in [3.63, 3.8) is 0 Å². The fraction of sp³-hybridized carbons (Fsp3) is 0.556. The Labute approximate surface area is 137 Å². The first-order valence-electron chi connectivity index (χ1n) is 8.28. The third-order valence-corrected chi connectivity index (χ3v) is 4.20. The third-order valence-electron chi connectivity index (χ3n) is 4.20. The standard InChI is InChI=1S/C18H26N2O3/c1-23-14-6-13-20-17(22)18(10-11-18)16(21)19-12-5-9-15-7-3-2-4-8-15/h2-4,7-8H,5-6,9-14H2,1H3,(H,19,21)(H,20,22). The summed E-state index contributed by atoms with van der Waals surface area (Å²) in [5.74, 6) is -0.274. The van der Waals surface area contributed by atoms with Crippen LogP contribution in [-0.2, 0) is 20.7 Å². The smallest absolute Gasteiger partial charge is 0.235 e. The Hall–Kier alpha value is -1.88. The van der Waals surface area contributed by atoms with Crippen LogP contribution < -0.4 is 10.6 Å². The normalized spacial score (nSPS) is 15.0. The molecule has 1 aromatic carbocycles. The van der Waals surface area contributed by atoms with Gasteiger partial charge in [-0.15, -0.1) is 0 Å². The van der Waals surface area contributed by atoms with E-state index in [1.54, 1.807) is 7.11 Å². The zero-order valence-corrected chi connectivity index (χ0v) is 13.8. The monoisotopic (exact) mass is 318 g/mol. The molecular formula is C18H26N2O3. The number of methoxy groups -OCH3 is 1. The summed E-state index contributed by atoms with van der Waals surface area (Å²) in [5.41, 5.74) is 0.443. The molecule has 1 aromatic rings. The molecule has 0 radical (unpaired) electrons. The molecule has 0 unspecified atom stereocenters. The molecule has 126 valence electrons. The molecule has 0 atom stereocenters. The van der Waals surface area contributed by atoms with Crippen molar-refractivity contribution in [3.05, 3.63) is 35.9 Å². The number of rotatable bonds is 10. The molecule has 0 bridgehead atoms. The SMILES string of the molecule is COCCCNC(=O)C1(C(=O)NCCCc2ccccc2)CC1. The van der Waals surface area contributed by atoms with E-state index in [4.69, 9.17) is 4.74 Å². The van der Waals surface area contributed by atoms with Crippen LogP contribution in [0.15, 0.2) is 30.3 Å². The van der Waals surface area contributed by atoms with Gasteiger partial charge in [0.15, 0.2) is 0 Å². The van der Waals surface area contributed by atoms with Gasteiger partial charge in [-0.1, -0.05) is 30.3 Å². The van der Waals surface area contributed by atoms with Crippen LogP contribution in [0.1, 0.15) is 31.2 Å². The highest BCUT2D eigenvalue weighted by Crippen LogP contribution is 2.46. The number of ether oxygens (including phenoxy) is 1. The van der Waals surface area contributed by atoms with Crippen molar-refractivity contribution in [3.8, 4) is 0 Å². The molecule has 0 spiro atoms. The Morgan fingerprint density at radius 2 is 1.65 bits per heavy atom.